The van der Waals surface area contributed by atoms with Gasteiger partial charge in [0.25, 0.3) is 0 Å². The Morgan fingerprint density at radius 3 is 2.15 bits per heavy atom. The standard InChI is InChI=1S/C9H17NO3/c1-6(2)7(10-8(12)13)9(3,4)5-11/h5-7,10H,1-4H3,(H,12,13). The van der Waals surface area contributed by atoms with Crippen molar-refractivity contribution in [2.24, 2.45) is 11.3 Å². The van der Waals surface area contributed by atoms with E-state index in [9.17, 15) is 9.59 Å². The van der Waals surface area contributed by atoms with E-state index in [-0.39, 0.29) is 12.0 Å². The Balaban J connectivity index is 4.60. The van der Waals surface area contributed by atoms with Gasteiger partial charge in [-0.2, -0.15) is 0 Å². The molecule has 0 radical (unpaired) electrons. The Morgan fingerprint density at radius 1 is 1.46 bits per heavy atom. The summed E-state index contributed by atoms with van der Waals surface area (Å²) in [6.45, 7) is 7.21. The van der Waals surface area contributed by atoms with Crippen LogP contribution < -0.4 is 5.32 Å². The van der Waals surface area contributed by atoms with Crippen molar-refractivity contribution in [2.75, 3.05) is 0 Å². The molecule has 4 heteroatoms. The third-order valence-corrected chi connectivity index (χ3v) is 2.05. The van der Waals surface area contributed by atoms with Gasteiger partial charge in [0.15, 0.2) is 0 Å². The van der Waals surface area contributed by atoms with Gasteiger partial charge in [-0.25, -0.2) is 4.79 Å². The number of hydrogen-bond donors (Lipinski definition) is 2. The average molecular weight is 187 g/mol. The number of carboxylic acid groups (broad SMARTS) is 1. The minimum absolute atomic E-state index is 0.0938. The molecule has 0 saturated carbocycles. The monoisotopic (exact) mass is 187 g/mol. The van der Waals surface area contributed by atoms with E-state index in [0.29, 0.717) is 0 Å². The van der Waals surface area contributed by atoms with Crippen molar-refractivity contribution in [3.05, 3.63) is 0 Å². The van der Waals surface area contributed by atoms with E-state index in [1.54, 1.807) is 13.8 Å². The smallest absolute Gasteiger partial charge is 0.404 e. The number of hydrogen-bond acceptors (Lipinski definition) is 2. The highest BCUT2D eigenvalue weighted by Crippen LogP contribution is 2.23. The molecule has 0 rings (SSSR count). The molecule has 0 fully saturated rings. The van der Waals surface area contributed by atoms with Gasteiger partial charge < -0.3 is 15.2 Å². The molecule has 2 N–H and O–H groups in total. The Bertz CT molecular complexity index is 199. The van der Waals surface area contributed by atoms with Crippen molar-refractivity contribution in [3.8, 4) is 0 Å². The molecule has 0 aliphatic carbocycles. The fraction of sp³-hybridized carbons (Fsp3) is 0.778. The second-order valence-corrected chi connectivity index (χ2v) is 4.11. The van der Waals surface area contributed by atoms with Crippen molar-refractivity contribution in [2.45, 2.75) is 33.7 Å². The zero-order valence-corrected chi connectivity index (χ0v) is 8.50. The van der Waals surface area contributed by atoms with E-state index in [1.165, 1.54) is 0 Å². The minimum Gasteiger partial charge on any atom is -0.465 e. The fourth-order valence-corrected chi connectivity index (χ4v) is 1.42. The van der Waals surface area contributed by atoms with Crippen LogP contribution in [0.4, 0.5) is 4.79 Å². The van der Waals surface area contributed by atoms with E-state index < -0.39 is 11.5 Å². The van der Waals surface area contributed by atoms with Crippen LogP contribution in [0.25, 0.3) is 0 Å². The highest BCUT2D eigenvalue weighted by molar-refractivity contribution is 5.67. The Morgan fingerprint density at radius 2 is 1.92 bits per heavy atom. The minimum atomic E-state index is -1.09. The number of rotatable bonds is 4. The van der Waals surface area contributed by atoms with Gasteiger partial charge in [-0.05, 0) is 5.92 Å². The number of aldehydes is 1. The first-order chi connectivity index (χ1) is 5.81. The second-order valence-electron chi connectivity index (χ2n) is 4.11. The van der Waals surface area contributed by atoms with Crippen LogP contribution in [-0.4, -0.2) is 23.5 Å². The van der Waals surface area contributed by atoms with Gasteiger partial charge in [-0.3, -0.25) is 0 Å². The third-order valence-electron chi connectivity index (χ3n) is 2.05. The first kappa shape index (κ1) is 11.9. The molecule has 0 heterocycles. The first-order valence-electron chi connectivity index (χ1n) is 4.27. The van der Waals surface area contributed by atoms with Crippen LogP contribution in [0.1, 0.15) is 27.7 Å². The van der Waals surface area contributed by atoms with Crippen LogP contribution in [0.2, 0.25) is 0 Å². The number of amides is 1. The Hall–Kier alpha value is -1.06. The summed E-state index contributed by atoms with van der Waals surface area (Å²) in [6, 6.07) is -0.345. The van der Waals surface area contributed by atoms with Gasteiger partial charge in [-0.15, -0.1) is 0 Å². The molecule has 4 nitrogen and oxygen atoms in total. The molecule has 0 aliphatic heterocycles. The lowest BCUT2D eigenvalue weighted by Gasteiger charge is -2.32. The van der Waals surface area contributed by atoms with Gasteiger partial charge in [0, 0.05) is 11.5 Å². The summed E-state index contributed by atoms with van der Waals surface area (Å²) in [5.41, 5.74) is -0.660. The molecule has 0 aromatic rings. The highest BCUT2D eigenvalue weighted by Gasteiger charge is 2.32. The van der Waals surface area contributed by atoms with Gasteiger partial charge in [0.2, 0.25) is 0 Å². The molecule has 0 spiro atoms. The van der Waals surface area contributed by atoms with Crippen LogP contribution >= 0.6 is 0 Å². The van der Waals surface area contributed by atoms with E-state index in [4.69, 9.17) is 5.11 Å². The lowest BCUT2D eigenvalue weighted by molar-refractivity contribution is -0.116. The zero-order valence-electron chi connectivity index (χ0n) is 8.50. The van der Waals surface area contributed by atoms with E-state index in [2.05, 4.69) is 5.32 Å². The summed E-state index contributed by atoms with van der Waals surface area (Å²) in [4.78, 5) is 21.2. The predicted molar refractivity (Wildman–Crippen MR) is 49.6 cm³/mol. The van der Waals surface area contributed by atoms with Crippen LogP contribution in [-0.2, 0) is 4.79 Å². The number of nitrogens with one attached hydrogen (secondary N) is 1. The van der Waals surface area contributed by atoms with Crippen LogP contribution in [0.3, 0.4) is 0 Å². The van der Waals surface area contributed by atoms with E-state index >= 15 is 0 Å². The predicted octanol–water partition coefficient (Wildman–Crippen LogP) is 1.50. The highest BCUT2D eigenvalue weighted by atomic mass is 16.4. The van der Waals surface area contributed by atoms with Gasteiger partial charge in [0.05, 0.1) is 0 Å². The number of carbonyl (C=O) groups excluding carboxylic acids is 1. The summed E-state index contributed by atoms with van der Waals surface area (Å²) in [5.74, 6) is 0.0938. The van der Waals surface area contributed by atoms with Crippen molar-refractivity contribution in [3.63, 3.8) is 0 Å². The van der Waals surface area contributed by atoms with Crippen molar-refractivity contribution in [1.29, 1.82) is 0 Å². The lowest BCUT2D eigenvalue weighted by Crippen LogP contribution is -2.48. The molecule has 0 bridgehead atoms. The van der Waals surface area contributed by atoms with Gasteiger partial charge >= 0.3 is 6.09 Å². The maximum atomic E-state index is 10.7. The molecule has 1 unspecified atom stereocenters. The number of carbonyl (C=O) groups is 2. The lowest BCUT2D eigenvalue weighted by atomic mass is 9.80. The Kier molecular flexibility index (Phi) is 3.91. The maximum Gasteiger partial charge on any atom is 0.404 e. The SMILES string of the molecule is CC(C)C(NC(=O)O)C(C)(C)C=O. The van der Waals surface area contributed by atoms with Gasteiger partial charge in [0.1, 0.15) is 6.29 Å². The maximum absolute atomic E-state index is 10.7. The first-order valence-corrected chi connectivity index (χ1v) is 4.27. The van der Waals surface area contributed by atoms with Gasteiger partial charge in [-0.1, -0.05) is 27.7 Å². The van der Waals surface area contributed by atoms with E-state index in [1.807, 2.05) is 13.8 Å². The summed E-state index contributed by atoms with van der Waals surface area (Å²) < 4.78 is 0. The van der Waals surface area contributed by atoms with E-state index in [0.717, 1.165) is 6.29 Å². The summed E-state index contributed by atoms with van der Waals surface area (Å²) >= 11 is 0. The second kappa shape index (κ2) is 4.25. The quantitative estimate of drug-likeness (QED) is 0.655. The topological polar surface area (TPSA) is 66.4 Å². The van der Waals surface area contributed by atoms with Crippen molar-refractivity contribution < 1.29 is 14.7 Å². The van der Waals surface area contributed by atoms with Crippen LogP contribution in [0.15, 0.2) is 0 Å². The molecule has 1 atom stereocenters. The summed E-state index contributed by atoms with van der Waals surface area (Å²) in [6.07, 6.45) is -0.304. The molecule has 0 saturated heterocycles. The molecule has 76 valence electrons. The summed E-state index contributed by atoms with van der Waals surface area (Å²) in [5, 5.41) is 10.9. The normalized spacial score (nSPS) is 13.9. The molecular weight excluding hydrogens is 170 g/mol. The average Bonchev–Trinajstić information content (AvgIpc) is 1.99. The molecule has 0 aromatic heterocycles. The largest absolute Gasteiger partial charge is 0.465 e. The fourth-order valence-electron chi connectivity index (χ4n) is 1.42. The zero-order chi connectivity index (χ0) is 10.6. The summed E-state index contributed by atoms with van der Waals surface area (Å²) in [7, 11) is 0. The molecule has 13 heavy (non-hydrogen) atoms. The molecule has 0 aliphatic rings. The van der Waals surface area contributed by atoms with Crippen molar-refractivity contribution in [1.82, 2.24) is 5.32 Å². The molecule has 1 amide bonds. The Labute approximate surface area is 78.3 Å². The van der Waals surface area contributed by atoms with Crippen molar-refractivity contribution >= 4 is 12.4 Å². The van der Waals surface area contributed by atoms with Crippen LogP contribution in [0.5, 0.6) is 0 Å². The molecule has 0 aromatic carbocycles. The third kappa shape index (κ3) is 3.44. The van der Waals surface area contributed by atoms with Crippen LogP contribution in [0, 0.1) is 11.3 Å². The molecular formula is C9H17NO3.